The lowest BCUT2D eigenvalue weighted by molar-refractivity contribution is -0.113. The van der Waals surface area contributed by atoms with Gasteiger partial charge in [-0.3, -0.25) is 4.79 Å². The van der Waals surface area contributed by atoms with Crippen LogP contribution in [0.15, 0.2) is 47.6 Å². The fourth-order valence-electron chi connectivity index (χ4n) is 2.65. The van der Waals surface area contributed by atoms with Crippen molar-refractivity contribution in [1.82, 2.24) is 25.2 Å². The molecule has 0 fully saturated rings. The van der Waals surface area contributed by atoms with Crippen molar-refractivity contribution in [3.63, 3.8) is 0 Å². The first-order valence-electron chi connectivity index (χ1n) is 9.05. The Morgan fingerprint density at radius 2 is 2.00 bits per heavy atom. The van der Waals surface area contributed by atoms with Gasteiger partial charge in [-0.25, -0.2) is 4.98 Å². The number of tetrazole rings is 1. The number of benzene rings is 2. The van der Waals surface area contributed by atoms with Gasteiger partial charge in [-0.15, -0.1) is 5.10 Å². The molecule has 2 aromatic heterocycles. The smallest absolute Gasteiger partial charge is 0.236 e. The van der Waals surface area contributed by atoms with E-state index in [1.54, 1.807) is 11.8 Å². The lowest BCUT2D eigenvalue weighted by Crippen LogP contribution is -2.14. The molecule has 0 aliphatic rings. The van der Waals surface area contributed by atoms with E-state index in [1.807, 2.05) is 49.4 Å². The Hall–Kier alpha value is -3.18. The summed E-state index contributed by atoms with van der Waals surface area (Å²) in [6, 6.07) is 13.0. The number of methoxy groups -OCH3 is 1. The summed E-state index contributed by atoms with van der Waals surface area (Å²) in [7, 11) is 1.61. The third kappa shape index (κ3) is 4.52. The van der Waals surface area contributed by atoms with Gasteiger partial charge in [0.25, 0.3) is 0 Å². The summed E-state index contributed by atoms with van der Waals surface area (Å²) in [6.07, 6.45) is 0. The van der Waals surface area contributed by atoms with Crippen LogP contribution in [0.5, 0.6) is 11.5 Å². The summed E-state index contributed by atoms with van der Waals surface area (Å²) in [5, 5.41) is 15.6. The number of hydrogen-bond acceptors (Lipinski definition) is 9. The van der Waals surface area contributed by atoms with Gasteiger partial charge >= 0.3 is 0 Å². The van der Waals surface area contributed by atoms with Gasteiger partial charge in [0.05, 0.1) is 35.4 Å². The molecule has 0 spiro atoms. The van der Waals surface area contributed by atoms with E-state index in [4.69, 9.17) is 9.47 Å². The molecular weight excluding hydrogens is 424 g/mol. The number of amides is 1. The largest absolute Gasteiger partial charge is 0.497 e. The van der Waals surface area contributed by atoms with Gasteiger partial charge in [-0.1, -0.05) is 23.1 Å². The number of ether oxygens (including phenoxy) is 2. The maximum atomic E-state index is 12.4. The minimum Gasteiger partial charge on any atom is -0.497 e. The minimum absolute atomic E-state index is 0.149. The number of thioether (sulfide) groups is 1. The fraction of sp³-hybridized carbons (Fsp3) is 0.211. The van der Waals surface area contributed by atoms with Gasteiger partial charge < -0.3 is 14.8 Å². The highest BCUT2D eigenvalue weighted by atomic mass is 32.2. The number of aromatic nitrogens is 5. The number of fused-ring (bicyclic) bond motifs is 1. The van der Waals surface area contributed by atoms with Crippen LogP contribution in [-0.2, 0) is 4.79 Å². The molecule has 9 nitrogen and oxygen atoms in total. The summed E-state index contributed by atoms with van der Waals surface area (Å²) in [5.41, 5.74) is 1.59. The highest BCUT2D eigenvalue weighted by Crippen LogP contribution is 2.29. The molecular formula is C19H18N6O3S2. The maximum absolute atomic E-state index is 12.4. The number of carbonyl (C=O) groups excluding carboxylic acids is 1. The molecule has 1 N–H and O–H groups in total. The molecule has 0 saturated heterocycles. The molecule has 1 amide bonds. The van der Waals surface area contributed by atoms with E-state index < -0.39 is 0 Å². The molecule has 0 bridgehead atoms. The molecule has 0 atom stereocenters. The lowest BCUT2D eigenvalue weighted by atomic mass is 10.3. The van der Waals surface area contributed by atoms with Crippen LogP contribution in [0.2, 0.25) is 0 Å². The molecule has 4 rings (SSSR count). The highest BCUT2D eigenvalue weighted by molar-refractivity contribution is 7.99. The summed E-state index contributed by atoms with van der Waals surface area (Å²) in [4.78, 5) is 16.8. The zero-order valence-electron chi connectivity index (χ0n) is 16.2. The van der Waals surface area contributed by atoms with Crippen LogP contribution in [-0.4, -0.2) is 50.6 Å². The maximum Gasteiger partial charge on any atom is 0.236 e. The predicted octanol–water partition coefficient (Wildman–Crippen LogP) is 3.41. The van der Waals surface area contributed by atoms with Crippen molar-refractivity contribution in [3.05, 3.63) is 42.5 Å². The Balaban J connectivity index is 1.39. The number of anilines is 1. The SMILES string of the molecule is CCOc1ccc2nc(NC(=O)CSc3nnnn3-c3ccc(OC)cc3)sc2c1. The lowest BCUT2D eigenvalue weighted by Gasteiger charge is -2.05. The van der Waals surface area contributed by atoms with Crippen LogP contribution >= 0.6 is 23.1 Å². The van der Waals surface area contributed by atoms with Gasteiger partial charge in [-0.2, -0.15) is 4.68 Å². The van der Waals surface area contributed by atoms with Crippen molar-refractivity contribution in [2.45, 2.75) is 12.1 Å². The molecule has 30 heavy (non-hydrogen) atoms. The average molecular weight is 443 g/mol. The Morgan fingerprint density at radius 3 is 2.77 bits per heavy atom. The Bertz CT molecular complexity index is 1160. The van der Waals surface area contributed by atoms with Crippen LogP contribution in [0, 0.1) is 0 Å². The van der Waals surface area contributed by atoms with Crippen molar-refractivity contribution in [2.24, 2.45) is 0 Å². The number of thiazole rings is 1. The first kappa shape index (κ1) is 20.1. The zero-order chi connectivity index (χ0) is 20.9. The first-order chi connectivity index (χ1) is 14.7. The van der Waals surface area contributed by atoms with E-state index >= 15 is 0 Å². The number of hydrogen-bond donors (Lipinski definition) is 1. The molecule has 0 aliphatic carbocycles. The van der Waals surface area contributed by atoms with Gasteiger partial charge in [0.1, 0.15) is 11.5 Å². The predicted molar refractivity (Wildman–Crippen MR) is 116 cm³/mol. The Kier molecular flexibility index (Phi) is 6.10. The third-order valence-corrected chi connectivity index (χ3v) is 5.86. The highest BCUT2D eigenvalue weighted by Gasteiger charge is 2.13. The number of rotatable bonds is 8. The van der Waals surface area contributed by atoms with Crippen LogP contribution in [0.1, 0.15) is 6.92 Å². The van der Waals surface area contributed by atoms with Gasteiger partial charge in [-0.05, 0) is 59.8 Å². The molecule has 0 radical (unpaired) electrons. The molecule has 4 aromatic rings. The monoisotopic (exact) mass is 442 g/mol. The molecule has 0 unspecified atom stereocenters. The van der Waals surface area contributed by atoms with Crippen LogP contribution in [0.25, 0.3) is 15.9 Å². The quantitative estimate of drug-likeness (QED) is 0.414. The normalized spacial score (nSPS) is 10.9. The van der Waals surface area contributed by atoms with Crippen LogP contribution < -0.4 is 14.8 Å². The minimum atomic E-state index is -0.187. The van der Waals surface area contributed by atoms with E-state index in [9.17, 15) is 4.79 Å². The first-order valence-corrected chi connectivity index (χ1v) is 10.9. The summed E-state index contributed by atoms with van der Waals surface area (Å²) in [5.74, 6) is 1.49. The topological polar surface area (TPSA) is 104 Å². The van der Waals surface area contributed by atoms with Gasteiger partial charge in [0.15, 0.2) is 5.13 Å². The van der Waals surface area contributed by atoms with E-state index in [-0.39, 0.29) is 11.7 Å². The molecule has 2 heterocycles. The van der Waals surface area contributed by atoms with E-state index in [0.717, 1.165) is 27.4 Å². The number of nitrogens with one attached hydrogen (secondary N) is 1. The number of nitrogens with zero attached hydrogens (tertiary/aromatic N) is 5. The van der Waals surface area contributed by atoms with E-state index in [1.165, 1.54) is 23.1 Å². The fourth-order valence-corrected chi connectivity index (χ4v) is 4.26. The Morgan fingerprint density at radius 1 is 1.20 bits per heavy atom. The van der Waals surface area contributed by atoms with Crippen molar-refractivity contribution in [3.8, 4) is 17.2 Å². The van der Waals surface area contributed by atoms with Crippen LogP contribution in [0.3, 0.4) is 0 Å². The van der Waals surface area contributed by atoms with Crippen LogP contribution in [0.4, 0.5) is 5.13 Å². The van der Waals surface area contributed by atoms with E-state index in [2.05, 4.69) is 25.8 Å². The zero-order valence-corrected chi connectivity index (χ0v) is 17.9. The Labute approximate surface area is 180 Å². The third-order valence-electron chi connectivity index (χ3n) is 4.01. The average Bonchev–Trinajstić information content (AvgIpc) is 3.38. The second kappa shape index (κ2) is 9.09. The van der Waals surface area contributed by atoms with E-state index in [0.29, 0.717) is 16.9 Å². The van der Waals surface area contributed by atoms with Crippen molar-refractivity contribution < 1.29 is 14.3 Å². The standard InChI is InChI=1S/C19H18N6O3S2/c1-3-28-14-8-9-15-16(10-14)30-18(20-15)21-17(26)11-29-19-22-23-24-25(19)12-4-6-13(27-2)7-5-12/h4-10H,3,11H2,1-2H3,(H,20,21,26). The molecule has 0 saturated carbocycles. The van der Waals surface area contributed by atoms with Crippen molar-refractivity contribution in [2.75, 3.05) is 24.8 Å². The summed E-state index contributed by atoms with van der Waals surface area (Å²) in [6.45, 7) is 2.53. The van der Waals surface area contributed by atoms with Crippen molar-refractivity contribution in [1.29, 1.82) is 0 Å². The summed E-state index contributed by atoms with van der Waals surface area (Å²) < 4.78 is 13.2. The molecule has 154 valence electrons. The molecule has 0 aliphatic heterocycles. The second-order valence-corrected chi connectivity index (χ2v) is 7.96. The van der Waals surface area contributed by atoms with Gasteiger partial charge in [0, 0.05) is 0 Å². The van der Waals surface area contributed by atoms with Crippen molar-refractivity contribution >= 4 is 44.4 Å². The molecule has 11 heteroatoms. The summed E-state index contributed by atoms with van der Waals surface area (Å²) >= 11 is 2.64. The van der Waals surface area contributed by atoms with Gasteiger partial charge in [0.2, 0.25) is 11.1 Å². The second-order valence-electron chi connectivity index (χ2n) is 5.99. The number of carbonyl (C=O) groups is 1. The molecule has 2 aromatic carbocycles.